The van der Waals surface area contributed by atoms with E-state index in [1.165, 1.54) is 11.6 Å². The van der Waals surface area contributed by atoms with Gasteiger partial charge in [0.2, 0.25) is 0 Å². The average Bonchev–Trinajstić information content (AvgIpc) is 2.04. The molecule has 0 N–H and O–H groups in total. The van der Waals surface area contributed by atoms with Crippen molar-refractivity contribution < 1.29 is 4.79 Å². The van der Waals surface area contributed by atoms with Crippen LogP contribution in [0.25, 0.3) is 6.08 Å². The summed E-state index contributed by atoms with van der Waals surface area (Å²) >= 11 is 0. The fraction of sp³-hybridized carbons (Fsp3) is 0.333. The second-order valence-electron chi connectivity index (χ2n) is 4.13. The zero-order valence-corrected chi connectivity index (χ0v) is 8.29. The highest BCUT2D eigenvalue weighted by Gasteiger charge is 2.12. The second-order valence-corrected chi connectivity index (χ2v) is 4.13. The molecule has 1 heteroatoms. The van der Waals surface area contributed by atoms with Gasteiger partial charge in [0, 0.05) is 6.08 Å². The minimum atomic E-state index is 0.170. The molecule has 1 nitrogen and oxygen atoms in total. The van der Waals surface area contributed by atoms with Crippen molar-refractivity contribution in [1.82, 2.24) is 0 Å². The number of hydrogen-bond donors (Lipinski definition) is 0. The fourth-order valence-corrected chi connectivity index (χ4v) is 1.15. The molecule has 0 radical (unpaired) electrons. The lowest BCUT2D eigenvalue weighted by Crippen LogP contribution is -2.10. The van der Waals surface area contributed by atoms with Crippen molar-refractivity contribution in [3.8, 4) is 0 Å². The molecule has 13 heavy (non-hydrogen) atoms. The lowest BCUT2D eigenvalue weighted by Gasteiger charge is -2.18. The van der Waals surface area contributed by atoms with Gasteiger partial charge >= 0.3 is 0 Å². The van der Waals surface area contributed by atoms with Crippen LogP contribution in [-0.4, -0.2) is 5.94 Å². The van der Waals surface area contributed by atoms with Crippen LogP contribution in [0.4, 0.5) is 0 Å². The van der Waals surface area contributed by atoms with E-state index in [2.05, 4.69) is 20.8 Å². The Morgan fingerprint density at radius 3 is 2.08 bits per heavy atom. The normalized spacial score (nSPS) is 10.7. The van der Waals surface area contributed by atoms with E-state index in [0.717, 1.165) is 5.56 Å². The Morgan fingerprint density at radius 2 is 1.69 bits per heavy atom. The molecule has 0 amide bonds. The molecule has 1 aromatic carbocycles. The van der Waals surface area contributed by atoms with Crippen LogP contribution in [0.1, 0.15) is 31.9 Å². The molecule has 0 bridgehead atoms. The summed E-state index contributed by atoms with van der Waals surface area (Å²) in [7, 11) is 0. The molecule has 0 saturated heterocycles. The lowest BCUT2D eigenvalue weighted by atomic mass is 9.87. The molecule has 1 rings (SSSR count). The SMILES string of the molecule is CC(C)(C)c1ccc(C=C=O)cc1. The molecule has 0 unspecified atom stereocenters. The van der Waals surface area contributed by atoms with E-state index in [0.29, 0.717) is 0 Å². The van der Waals surface area contributed by atoms with E-state index in [1.54, 1.807) is 5.94 Å². The zero-order chi connectivity index (χ0) is 9.90. The van der Waals surface area contributed by atoms with Gasteiger partial charge in [-0.2, -0.15) is 0 Å². The summed E-state index contributed by atoms with van der Waals surface area (Å²) in [4.78, 5) is 10.1. The van der Waals surface area contributed by atoms with Gasteiger partial charge in [-0.05, 0) is 16.5 Å². The second kappa shape index (κ2) is 3.59. The summed E-state index contributed by atoms with van der Waals surface area (Å²) < 4.78 is 0. The largest absolute Gasteiger partial charge is 0.233 e. The third-order valence-electron chi connectivity index (χ3n) is 2.00. The third kappa shape index (κ3) is 2.57. The molecule has 0 atom stereocenters. The number of rotatable bonds is 1. The smallest absolute Gasteiger partial charge is 0.125 e. The predicted molar refractivity (Wildman–Crippen MR) is 55.3 cm³/mol. The summed E-state index contributed by atoms with van der Waals surface area (Å²) in [6.07, 6.45) is 1.44. The molecule has 0 aliphatic rings. The van der Waals surface area contributed by atoms with Crippen LogP contribution in [0.5, 0.6) is 0 Å². The summed E-state index contributed by atoms with van der Waals surface area (Å²) in [5, 5.41) is 0. The van der Waals surface area contributed by atoms with Crippen molar-refractivity contribution in [1.29, 1.82) is 0 Å². The predicted octanol–water partition coefficient (Wildman–Crippen LogP) is 2.83. The van der Waals surface area contributed by atoms with Gasteiger partial charge < -0.3 is 0 Å². The van der Waals surface area contributed by atoms with Gasteiger partial charge in [-0.1, -0.05) is 45.0 Å². The van der Waals surface area contributed by atoms with Crippen LogP contribution in [-0.2, 0) is 10.2 Å². The van der Waals surface area contributed by atoms with Crippen molar-refractivity contribution >= 4 is 12.0 Å². The molecule has 0 aliphatic heterocycles. The van der Waals surface area contributed by atoms with E-state index >= 15 is 0 Å². The van der Waals surface area contributed by atoms with Crippen LogP contribution >= 0.6 is 0 Å². The maximum atomic E-state index is 10.1. The molecular formula is C12H14O. The molecule has 0 saturated carbocycles. The van der Waals surface area contributed by atoms with E-state index in [4.69, 9.17) is 0 Å². The van der Waals surface area contributed by atoms with E-state index < -0.39 is 0 Å². The van der Waals surface area contributed by atoms with E-state index in [1.807, 2.05) is 24.3 Å². The number of hydrogen-bond acceptors (Lipinski definition) is 1. The Kier molecular flexibility index (Phi) is 2.69. The molecule has 0 heterocycles. The van der Waals surface area contributed by atoms with Gasteiger partial charge in [-0.3, -0.25) is 0 Å². The minimum Gasteiger partial charge on any atom is -0.233 e. The molecule has 0 fully saturated rings. The van der Waals surface area contributed by atoms with Crippen molar-refractivity contribution in [3.05, 3.63) is 35.4 Å². The van der Waals surface area contributed by atoms with Gasteiger partial charge in [-0.25, -0.2) is 4.79 Å². The van der Waals surface area contributed by atoms with Crippen LogP contribution in [0.3, 0.4) is 0 Å². The Labute approximate surface area is 79.1 Å². The van der Waals surface area contributed by atoms with Crippen LogP contribution in [0.2, 0.25) is 0 Å². The average molecular weight is 174 g/mol. The topological polar surface area (TPSA) is 17.1 Å². The maximum Gasteiger partial charge on any atom is 0.125 e. The fourth-order valence-electron chi connectivity index (χ4n) is 1.15. The van der Waals surface area contributed by atoms with E-state index in [-0.39, 0.29) is 5.41 Å². The first-order chi connectivity index (χ1) is 6.04. The molecule has 0 aromatic heterocycles. The van der Waals surface area contributed by atoms with Gasteiger partial charge in [-0.15, -0.1) is 0 Å². The standard InChI is InChI=1S/C12H14O/c1-12(2,3)11-6-4-10(5-7-11)8-9-13/h4-8H,1-3H3. The Balaban J connectivity index is 3.00. The zero-order valence-electron chi connectivity index (χ0n) is 8.29. The highest BCUT2D eigenvalue weighted by Crippen LogP contribution is 2.22. The molecule has 0 spiro atoms. The highest BCUT2D eigenvalue weighted by atomic mass is 16.1. The Morgan fingerprint density at radius 1 is 1.15 bits per heavy atom. The first-order valence-corrected chi connectivity index (χ1v) is 4.35. The molecule has 68 valence electrons. The summed E-state index contributed by atoms with van der Waals surface area (Å²) in [6, 6.07) is 7.96. The third-order valence-corrected chi connectivity index (χ3v) is 2.00. The summed E-state index contributed by atoms with van der Waals surface area (Å²) in [5.74, 6) is 1.77. The molecular weight excluding hydrogens is 160 g/mol. The highest BCUT2D eigenvalue weighted by molar-refractivity contribution is 5.74. The van der Waals surface area contributed by atoms with Gasteiger partial charge in [0.15, 0.2) is 0 Å². The summed E-state index contributed by atoms with van der Waals surface area (Å²) in [5.41, 5.74) is 2.35. The minimum absolute atomic E-state index is 0.170. The van der Waals surface area contributed by atoms with Crippen LogP contribution in [0, 0.1) is 0 Å². The molecule has 1 aromatic rings. The Bertz CT molecular complexity index is 321. The number of benzene rings is 1. The van der Waals surface area contributed by atoms with Crippen molar-refractivity contribution in [2.75, 3.05) is 0 Å². The monoisotopic (exact) mass is 174 g/mol. The van der Waals surface area contributed by atoms with Gasteiger partial charge in [0.25, 0.3) is 0 Å². The van der Waals surface area contributed by atoms with Crippen LogP contribution in [0.15, 0.2) is 24.3 Å². The van der Waals surface area contributed by atoms with Crippen molar-refractivity contribution in [2.45, 2.75) is 26.2 Å². The molecule has 0 aliphatic carbocycles. The quantitative estimate of drug-likeness (QED) is 0.598. The maximum absolute atomic E-state index is 10.1. The van der Waals surface area contributed by atoms with Gasteiger partial charge in [0.1, 0.15) is 5.94 Å². The summed E-state index contributed by atoms with van der Waals surface area (Å²) in [6.45, 7) is 6.49. The Hall–Kier alpha value is -1.33. The first-order valence-electron chi connectivity index (χ1n) is 4.35. The van der Waals surface area contributed by atoms with E-state index in [9.17, 15) is 4.79 Å². The van der Waals surface area contributed by atoms with Gasteiger partial charge in [0.05, 0.1) is 0 Å². The van der Waals surface area contributed by atoms with Crippen molar-refractivity contribution in [2.24, 2.45) is 0 Å². The first kappa shape index (κ1) is 9.76. The number of carbonyl (C=O) groups excluding carboxylic acids is 1. The lowest BCUT2D eigenvalue weighted by molar-refractivity contribution is 0.570. The van der Waals surface area contributed by atoms with Crippen molar-refractivity contribution in [3.63, 3.8) is 0 Å². The van der Waals surface area contributed by atoms with Crippen LogP contribution < -0.4 is 0 Å².